The topological polar surface area (TPSA) is 162 Å². The number of carboxylic acids is 2. The van der Waals surface area contributed by atoms with Crippen LogP contribution in [0.5, 0.6) is 0 Å². The molecule has 0 spiro atoms. The minimum atomic E-state index is -0.664. The number of rotatable bonds is 41. The van der Waals surface area contributed by atoms with Crippen molar-refractivity contribution in [1.82, 2.24) is 9.80 Å². The molecule has 6 N–H and O–H groups in total. The molecule has 0 aliphatic heterocycles. The third kappa shape index (κ3) is 60.5. The molecular formula is C50H100N2O8. The Morgan fingerprint density at radius 1 is 0.383 bits per heavy atom. The highest BCUT2D eigenvalue weighted by Gasteiger charge is 2.15. The van der Waals surface area contributed by atoms with Gasteiger partial charge in [0.1, 0.15) is 0 Å². The molecule has 10 heteroatoms. The predicted molar refractivity (Wildman–Crippen MR) is 254 cm³/mol. The minimum Gasteiger partial charge on any atom is -0.481 e. The molecule has 358 valence electrons. The highest BCUT2D eigenvalue weighted by atomic mass is 16.4. The van der Waals surface area contributed by atoms with Gasteiger partial charge >= 0.3 is 11.9 Å². The smallest absolute Gasteiger partial charge is 0.303 e. The number of aliphatic carboxylic acids is 2. The molecule has 0 aliphatic carbocycles. The predicted octanol–water partition coefficient (Wildman–Crippen LogP) is 11.3. The van der Waals surface area contributed by atoms with Crippen molar-refractivity contribution in [2.75, 3.05) is 39.3 Å². The molecule has 0 aromatic carbocycles. The Hall–Kier alpha value is -1.82. The van der Waals surface area contributed by atoms with Crippen LogP contribution in [0, 0.1) is 0 Å². The molecule has 60 heavy (non-hydrogen) atoms. The lowest BCUT2D eigenvalue weighted by atomic mass is 10.1. The van der Waals surface area contributed by atoms with Crippen molar-refractivity contribution < 1.29 is 40.2 Å². The number of hydrogen-bond donors (Lipinski definition) is 6. The Morgan fingerprint density at radius 3 is 0.817 bits per heavy atom. The molecule has 0 aliphatic rings. The second-order valence-electron chi connectivity index (χ2n) is 17.4. The van der Waals surface area contributed by atoms with E-state index in [0.717, 1.165) is 25.7 Å². The van der Waals surface area contributed by atoms with Crippen LogP contribution >= 0.6 is 0 Å². The Balaban J connectivity index is -0.000000812. The molecule has 0 aromatic heterocycles. The van der Waals surface area contributed by atoms with Gasteiger partial charge in [0, 0.05) is 52.1 Å². The number of unbranched alkanes of at least 4 members (excludes halogenated alkanes) is 22. The summed E-state index contributed by atoms with van der Waals surface area (Å²) in [7, 11) is 0. The van der Waals surface area contributed by atoms with E-state index in [2.05, 4.69) is 38.2 Å². The van der Waals surface area contributed by atoms with Gasteiger partial charge < -0.3 is 30.6 Å². The highest BCUT2D eigenvalue weighted by Crippen LogP contribution is 2.12. The molecule has 0 amide bonds. The van der Waals surface area contributed by atoms with Crippen molar-refractivity contribution in [3.8, 4) is 0 Å². The van der Waals surface area contributed by atoms with Crippen LogP contribution in [0.25, 0.3) is 0 Å². The lowest BCUT2D eigenvalue weighted by molar-refractivity contribution is -0.138. The summed E-state index contributed by atoms with van der Waals surface area (Å²) in [5.74, 6) is -1.33. The molecule has 4 unspecified atom stereocenters. The molecule has 4 atom stereocenters. The van der Waals surface area contributed by atoms with Gasteiger partial charge in [-0.25, -0.2) is 0 Å². The summed E-state index contributed by atoms with van der Waals surface area (Å²) in [6.45, 7) is 14.8. The van der Waals surface area contributed by atoms with E-state index in [1.807, 2.05) is 9.80 Å². The summed E-state index contributed by atoms with van der Waals surface area (Å²) in [6.07, 6.45) is 40.7. The van der Waals surface area contributed by atoms with Gasteiger partial charge in [0.25, 0.3) is 0 Å². The number of carbonyl (C=O) groups is 2. The first kappa shape index (κ1) is 62.5. The molecule has 0 saturated heterocycles. The molecule has 0 bridgehead atoms. The van der Waals surface area contributed by atoms with E-state index in [9.17, 15) is 30.0 Å². The van der Waals surface area contributed by atoms with Gasteiger partial charge in [-0.15, -0.1) is 0 Å². The van der Waals surface area contributed by atoms with E-state index in [0.29, 0.717) is 52.1 Å². The van der Waals surface area contributed by atoms with E-state index in [1.54, 1.807) is 27.7 Å². The number of carboxylic acid groups (broad SMARTS) is 2. The van der Waals surface area contributed by atoms with E-state index >= 15 is 0 Å². The third-order valence-electron chi connectivity index (χ3n) is 10.1. The minimum absolute atomic E-state index is 0.332. The maximum absolute atomic E-state index is 10.3. The normalized spacial score (nSPS) is 13.6. The number of aliphatic hydroxyl groups is 4. The quantitative estimate of drug-likeness (QED) is 0.0258. The molecule has 0 radical (unpaired) electrons. The molecule has 0 aromatic rings. The Morgan fingerprint density at radius 2 is 0.600 bits per heavy atom. The van der Waals surface area contributed by atoms with Crippen molar-refractivity contribution in [3.05, 3.63) is 24.3 Å². The molecule has 0 rings (SSSR count). The van der Waals surface area contributed by atoms with Crippen molar-refractivity contribution in [2.24, 2.45) is 0 Å². The SMILES string of the molecule is CC(O)CN(CCN(CC(C)O)CC(C)O)CC(C)O.CCCCCCCC/C=C\CCCCCCCC(=O)O.CCCCCCCC/C=C\CCCCCCCC(=O)O. The lowest BCUT2D eigenvalue weighted by Gasteiger charge is -2.30. The third-order valence-corrected chi connectivity index (χ3v) is 10.1. The number of hydrogen-bond acceptors (Lipinski definition) is 8. The first-order valence-corrected chi connectivity index (χ1v) is 24.6. The molecule has 0 heterocycles. The van der Waals surface area contributed by atoms with Crippen LogP contribution in [-0.2, 0) is 9.59 Å². The number of nitrogens with zero attached hydrogens (tertiary/aromatic N) is 2. The standard InChI is InChI=1S/2C18H34O2.C14H32N2O4/c2*1-2-3-4-5-6-7-8-9-10-11-12-13-14-15-16-17-18(19)20;1-11(17)7-15(8-12(2)18)5-6-16(9-13(3)19)10-14(4)20/h2*9-10H,2-8,11-17H2,1H3,(H,19,20);11-14,17-20H,5-10H2,1-4H3/b2*10-9-;. The first-order valence-electron chi connectivity index (χ1n) is 24.6. The fraction of sp³-hybridized carbons (Fsp3) is 0.880. The zero-order valence-electron chi connectivity index (χ0n) is 40.1. The van der Waals surface area contributed by atoms with Crippen molar-refractivity contribution in [2.45, 2.75) is 246 Å². The second kappa shape index (κ2) is 49.8. The van der Waals surface area contributed by atoms with Crippen molar-refractivity contribution in [3.63, 3.8) is 0 Å². The molecule has 0 fully saturated rings. The summed E-state index contributed by atoms with van der Waals surface area (Å²) in [4.78, 5) is 24.6. The van der Waals surface area contributed by atoms with E-state index in [1.165, 1.54) is 141 Å². The van der Waals surface area contributed by atoms with E-state index in [-0.39, 0.29) is 0 Å². The lowest BCUT2D eigenvalue weighted by Crippen LogP contribution is -2.44. The average molecular weight is 857 g/mol. The zero-order chi connectivity index (χ0) is 45.5. The zero-order valence-corrected chi connectivity index (χ0v) is 40.1. The van der Waals surface area contributed by atoms with Crippen LogP contribution in [0.3, 0.4) is 0 Å². The van der Waals surface area contributed by atoms with E-state index < -0.39 is 36.4 Å². The summed E-state index contributed by atoms with van der Waals surface area (Å²) in [6, 6.07) is 0. The van der Waals surface area contributed by atoms with Gasteiger partial charge in [-0.05, 0) is 91.9 Å². The fourth-order valence-electron chi connectivity index (χ4n) is 6.99. The van der Waals surface area contributed by atoms with Crippen LogP contribution in [0.15, 0.2) is 24.3 Å². The summed E-state index contributed by atoms with van der Waals surface area (Å²) in [5, 5.41) is 54.9. The maximum Gasteiger partial charge on any atom is 0.303 e. The Bertz CT molecular complexity index is 847. The van der Waals surface area contributed by atoms with Crippen LogP contribution < -0.4 is 0 Å². The van der Waals surface area contributed by atoms with Crippen LogP contribution in [0.4, 0.5) is 0 Å². The largest absolute Gasteiger partial charge is 0.481 e. The van der Waals surface area contributed by atoms with Crippen LogP contribution in [-0.4, -0.2) is 116 Å². The summed E-state index contributed by atoms with van der Waals surface area (Å²) in [5.41, 5.74) is 0. The molecule has 0 saturated carbocycles. The van der Waals surface area contributed by atoms with Crippen LogP contribution in [0.2, 0.25) is 0 Å². The number of aliphatic hydroxyl groups excluding tert-OH is 4. The van der Waals surface area contributed by atoms with E-state index in [4.69, 9.17) is 10.2 Å². The summed E-state index contributed by atoms with van der Waals surface area (Å²) >= 11 is 0. The Kier molecular flexibility index (Phi) is 51.9. The van der Waals surface area contributed by atoms with Gasteiger partial charge in [0.15, 0.2) is 0 Å². The average Bonchev–Trinajstić information content (AvgIpc) is 3.16. The number of allylic oxidation sites excluding steroid dienone is 4. The highest BCUT2D eigenvalue weighted by molar-refractivity contribution is 5.66. The Labute approximate surface area is 370 Å². The van der Waals surface area contributed by atoms with Gasteiger partial charge in [0.2, 0.25) is 0 Å². The monoisotopic (exact) mass is 857 g/mol. The second-order valence-corrected chi connectivity index (χ2v) is 17.4. The van der Waals surface area contributed by atoms with Gasteiger partial charge in [-0.3, -0.25) is 19.4 Å². The van der Waals surface area contributed by atoms with Crippen molar-refractivity contribution in [1.29, 1.82) is 0 Å². The van der Waals surface area contributed by atoms with Gasteiger partial charge in [-0.2, -0.15) is 0 Å². The molecular weight excluding hydrogens is 757 g/mol. The van der Waals surface area contributed by atoms with Crippen LogP contribution in [0.1, 0.15) is 221 Å². The first-order chi connectivity index (χ1) is 28.7. The molecule has 10 nitrogen and oxygen atoms in total. The maximum atomic E-state index is 10.3. The van der Waals surface area contributed by atoms with Crippen molar-refractivity contribution >= 4 is 11.9 Å². The van der Waals surface area contributed by atoms with Gasteiger partial charge in [0.05, 0.1) is 24.4 Å². The summed E-state index contributed by atoms with van der Waals surface area (Å²) < 4.78 is 0. The van der Waals surface area contributed by atoms with Gasteiger partial charge in [-0.1, -0.05) is 141 Å². The fourth-order valence-corrected chi connectivity index (χ4v) is 6.99.